The number of nitrogens with one attached hydrogen (secondary N) is 2. The lowest BCUT2D eigenvalue weighted by atomic mass is 9.80. The molecule has 1 amide bonds. The lowest BCUT2D eigenvalue weighted by Gasteiger charge is -2.35. The molecule has 1 unspecified atom stereocenters. The monoisotopic (exact) mass is 360 g/mol. The molecule has 140 valence electrons. The molecule has 1 aliphatic rings. The number of carbonyl (C=O) groups excluding carboxylic acids is 1. The zero-order valence-corrected chi connectivity index (χ0v) is 15.5. The third kappa shape index (κ3) is 3.71. The maximum atomic E-state index is 13.8. The first kappa shape index (κ1) is 18.4. The number of carbonyl (C=O) groups is 1. The summed E-state index contributed by atoms with van der Waals surface area (Å²) in [5.41, 5.74) is 0.821. The van der Waals surface area contributed by atoms with E-state index in [1.165, 1.54) is 18.3 Å². The Balaban J connectivity index is 1.91. The predicted octanol–water partition coefficient (Wildman–Crippen LogP) is 4.36. The molecule has 0 saturated heterocycles. The highest BCUT2D eigenvalue weighted by atomic mass is 19.1. The van der Waals surface area contributed by atoms with E-state index < -0.39 is 11.7 Å². The highest BCUT2D eigenvalue weighted by molar-refractivity contribution is 5.77. The Morgan fingerprint density at radius 2 is 2.15 bits per heavy atom. The van der Waals surface area contributed by atoms with Crippen LogP contribution in [0.25, 0.3) is 11.0 Å². The second-order valence-electron chi connectivity index (χ2n) is 7.89. The summed E-state index contributed by atoms with van der Waals surface area (Å²) in [6.45, 7) is 7.26. The number of rotatable bonds is 4. The molecule has 0 radical (unpaired) electrons. The Labute approximate surface area is 152 Å². The largest absolute Gasteiger partial charge is 0.444 e. The second kappa shape index (κ2) is 6.70. The van der Waals surface area contributed by atoms with Gasteiger partial charge in [-0.25, -0.2) is 14.2 Å². The molecule has 1 heterocycles. The third-order valence-corrected chi connectivity index (χ3v) is 4.55. The number of alkyl carbamates (subject to hydrolysis) is 1. The van der Waals surface area contributed by atoms with E-state index in [0.717, 1.165) is 12.8 Å². The molecule has 1 aromatic heterocycles. The Hall–Kier alpha value is -2.44. The van der Waals surface area contributed by atoms with E-state index in [4.69, 9.17) is 10.1 Å². The third-order valence-electron chi connectivity index (χ3n) is 4.55. The smallest absolute Gasteiger partial charge is 0.408 e. The first-order chi connectivity index (χ1) is 12.2. The molecule has 7 heteroatoms. The van der Waals surface area contributed by atoms with Crippen LogP contribution in [0, 0.1) is 17.1 Å². The van der Waals surface area contributed by atoms with Crippen LogP contribution in [0.4, 0.5) is 9.18 Å². The van der Waals surface area contributed by atoms with Gasteiger partial charge in [0.25, 0.3) is 0 Å². The van der Waals surface area contributed by atoms with E-state index in [1.54, 1.807) is 26.8 Å². The van der Waals surface area contributed by atoms with Gasteiger partial charge in [0, 0.05) is 6.04 Å². The summed E-state index contributed by atoms with van der Waals surface area (Å²) in [6, 6.07) is 4.27. The van der Waals surface area contributed by atoms with Crippen molar-refractivity contribution in [1.82, 2.24) is 14.9 Å². The van der Waals surface area contributed by atoms with Crippen molar-refractivity contribution in [3.63, 3.8) is 0 Å². The number of hydrogen-bond acceptors (Lipinski definition) is 4. The van der Waals surface area contributed by atoms with E-state index >= 15 is 0 Å². The van der Waals surface area contributed by atoms with Gasteiger partial charge in [0.05, 0.1) is 17.1 Å². The number of amides is 1. The lowest BCUT2D eigenvalue weighted by molar-refractivity contribution is 0.0504. The molecule has 1 atom stereocenters. The summed E-state index contributed by atoms with van der Waals surface area (Å²) in [5, 5.41) is 10.2. The van der Waals surface area contributed by atoms with Gasteiger partial charge in [-0.2, -0.15) is 0 Å². The maximum Gasteiger partial charge on any atom is 0.408 e. The number of imidazole rings is 1. The number of halogens is 1. The minimum absolute atomic E-state index is 0.145. The highest BCUT2D eigenvalue weighted by Crippen LogP contribution is 2.40. The average molecular weight is 360 g/mol. The summed E-state index contributed by atoms with van der Waals surface area (Å²) in [7, 11) is 0. The maximum absolute atomic E-state index is 13.8. The van der Waals surface area contributed by atoms with Gasteiger partial charge in [-0.3, -0.25) is 0 Å². The summed E-state index contributed by atoms with van der Waals surface area (Å²) in [4.78, 5) is 16.7. The van der Waals surface area contributed by atoms with Gasteiger partial charge in [0.2, 0.25) is 0 Å². The Morgan fingerprint density at radius 3 is 2.77 bits per heavy atom. The predicted molar refractivity (Wildman–Crippen MR) is 98.0 cm³/mol. The number of aromatic nitrogens is 2. The van der Waals surface area contributed by atoms with Crippen molar-refractivity contribution in [2.24, 2.45) is 5.92 Å². The van der Waals surface area contributed by atoms with Gasteiger partial charge in [-0.1, -0.05) is 0 Å². The van der Waals surface area contributed by atoms with Crippen LogP contribution >= 0.6 is 0 Å². The van der Waals surface area contributed by atoms with E-state index in [2.05, 4.69) is 10.3 Å². The number of hydrogen-bond donors (Lipinski definition) is 2. The molecule has 26 heavy (non-hydrogen) atoms. The van der Waals surface area contributed by atoms with Crippen molar-refractivity contribution in [1.29, 1.82) is 5.41 Å². The summed E-state index contributed by atoms with van der Waals surface area (Å²) in [6.07, 6.45) is 2.58. The number of fused-ring (bicyclic) bond motifs is 1. The number of ether oxygens (including phenoxy) is 1. The molecule has 0 bridgehead atoms. The molecule has 1 fully saturated rings. The SMILES string of the molecule is CC(NC(=O)OC(C)(C)C)c1nc2ccc(F)cc2n1C1CC(C=N)C1. The lowest BCUT2D eigenvalue weighted by Crippen LogP contribution is -2.36. The standard InChI is InChI=1S/C19H25FN4O2/c1-11(22-18(25)26-19(2,3)4)17-23-15-6-5-13(20)9-16(15)24(17)14-7-12(8-14)10-21/h5-6,9-12,14,21H,7-8H2,1-4H3,(H,22,25). The average Bonchev–Trinajstić information content (AvgIpc) is 2.83. The van der Waals surface area contributed by atoms with Gasteiger partial charge in [0.1, 0.15) is 17.2 Å². The van der Waals surface area contributed by atoms with Crippen LogP contribution in [-0.2, 0) is 4.74 Å². The number of nitrogens with zero attached hydrogens (tertiary/aromatic N) is 2. The van der Waals surface area contributed by atoms with Gasteiger partial charge < -0.3 is 20.0 Å². The molecule has 1 aromatic carbocycles. The zero-order valence-electron chi connectivity index (χ0n) is 15.5. The molecule has 3 rings (SSSR count). The van der Waals surface area contributed by atoms with Crippen LogP contribution in [0.3, 0.4) is 0 Å². The molecular weight excluding hydrogens is 335 g/mol. The minimum atomic E-state index is -0.585. The van der Waals surface area contributed by atoms with Crippen LogP contribution in [0.5, 0.6) is 0 Å². The molecule has 0 spiro atoms. The molecule has 1 aliphatic carbocycles. The second-order valence-corrected chi connectivity index (χ2v) is 7.89. The fourth-order valence-electron chi connectivity index (χ4n) is 3.30. The van der Waals surface area contributed by atoms with Gasteiger partial charge in [-0.15, -0.1) is 0 Å². The number of benzene rings is 1. The quantitative estimate of drug-likeness (QED) is 0.795. The molecular formula is C19H25FN4O2. The van der Waals surface area contributed by atoms with Crippen molar-refractivity contribution < 1.29 is 13.9 Å². The van der Waals surface area contributed by atoms with Crippen LogP contribution in [0.2, 0.25) is 0 Å². The van der Waals surface area contributed by atoms with E-state index in [-0.39, 0.29) is 23.8 Å². The topological polar surface area (TPSA) is 80.0 Å². The minimum Gasteiger partial charge on any atom is -0.444 e. The van der Waals surface area contributed by atoms with E-state index in [0.29, 0.717) is 16.9 Å². The van der Waals surface area contributed by atoms with Gasteiger partial charge >= 0.3 is 6.09 Å². The van der Waals surface area contributed by atoms with Gasteiger partial charge in [0.15, 0.2) is 0 Å². The van der Waals surface area contributed by atoms with Crippen LogP contribution in [0.15, 0.2) is 18.2 Å². The van der Waals surface area contributed by atoms with Gasteiger partial charge in [-0.05, 0) is 70.9 Å². The summed E-state index contributed by atoms with van der Waals surface area (Å²) < 4.78 is 21.1. The first-order valence-electron chi connectivity index (χ1n) is 8.85. The van der Waals surface area contributed by atoms with Crippen molar-refractivity contribution in [3.8, 4) is 0 Å². The Morgan fingerprint density at radius 1 is 1.46 bits per heavy atom. The Bertz CT molecular complexity index is 834. The molecule has 2 aromatic rings. The van der Waals surface area contributed by atoms with Crippen molar-refractivity contribution in [2.75, 3.05) is 0 Å². The van der Waals surface area contributed by atoms with Crippen molar-refractivity contribution in [3.05, 3.63) is 29.8 Å². The van der Waals surface area contributed by atoms with Crippen molar-refractivity contribution in [2.45, 2.75) is 58.2 Å². The Kier molecular flexibility index (Phi) is 4.73. The van der Waals surface area contributed by atoms with Crippen molar-refractivity contribution >= 4 is 23.3 Å². The highest BCUT2D eigenvalue weighted by Gasteiger charge is 2.33. The van der Waals surface area contributed by atoms with Crippen LogP contribution < -0.4 is 5.32 Å². The van der Waals surface area contributed by atoms with Crippen LogP contribution in [0.1, 0.15) is 58.4 Å². The molecule has 0 aliphatic heterocycles. The van der Waals surface area contributed by atoms with E-state index in [9.17, 15) is 9.18 Å². The normalized spacial score (nSPS) is 21.1. The summed E-state index contributed by atoms with van der Waals surface area (Å²) in [5.74, 6) is 0.596. The van der Waals surface area contributed by atoms with E-state index in [1.807, 2.05) is 11.5 Å². The van der Waals surface area contributed by atoms with Crippen LogP contribution in [-0.4, -0.2) is 27.5 Å². The molecule has 2 N–H and O–H groups in total. The molecule has 6 nitrogen and oxygen atoms in total. The summed E-state index contributed by atoms with van der Waals surface area (Å²) >= 11 is 0. The zero-order chi connectivity index (χ0) is 19.1. The first-order valence-corrected chi connectivity index (χ1v) is 8.85. The fraction of sp³-hybridized carbons (Fsp3) is 0.526. The molecule has 1 saturated carbocycles. The fourth-order valence-corrected chi connectivity index (χ4v) is 3.30.